The van der Waals surface area contributed by atoms with Crippen LogP contribution in [0.4, 0.5) is 0 Å². The Balaban J connectivity index is 0.000000244. The Hall–Kier alpha value is -4.77. The molecule has 2 aliphatic rings. The molecule has 4 aromatic carbocycles. The van der Waals surface area contributed by atoms with E-state index in [-0.39, 0.29) is 11.9 Å². The van der Waals surface area contributed by atoms with E-state index in [1.54, 1.807) is 0 Å². The van der Waals surface area contributed by atoms with Crippen LogP contribution in [0.5, 0.6) is 0 Å². The average Bonchev–Trinajstić information content (AvgIpc) is 3.21. The van der Waals surface area contributed by atoms with Crippen molar-refractivity contribution >= 4 is 11.9 Å². The van der Waals surface area contributed by atoms with Crippen molar-refractivity contribution in [2.24, 2.45) is 0 Å². The van der Waals surface area contributed by atoms with Crippen LogP contribution in [0.3, 0.4) is 0 Å². The van der Waals surface area contributed by atoms with Gasteiger partial charge in [0.15, 0.2) is 0 Å². The quantitative estimate of drug-likeness (QED) is 0.149. The van der Waals surface area contributed by atoms with Gasteiger partial charge in [0.25, 0.3) is 0 Å². The topological polar surface area (TPSA) is 82.9 Å². The molecular formula is C45H53N3O4. The first-order valence-corrected chi connectivity index (χ1v) is 18.7. The third-order valence-corrected chi connectivity index (χ3v) is 11.1. The molecule has 4 aromatic rings. The van der Waals surface area contributed by atoms with E-state index in [1.165, 1.54) is 0 Å². The van der Waals surface area contributed by atoms with Crippen molar-refractivity contribution in [1.29, 1.82) is 5.26 Å². The van der Waals surface area contributed by atoms with Gasteiger partial charge in [-0.3, -0.25) is 9.59 Å². The van der Waals surface area contributed by atoms with Gasteiger partial charge >= 0.3 is 11.9 Å². The van der Waals surface area contributed by atoms with Crippen LogP contribution in [0.15, 0.2) is 121 Å². The molecule has 0 N–H and O–H groups in total. The molecule has 0 aliphatic carbocycles. The zero-order chi connectivity index (χ0) is 36.9. The summed E-state index contributed by atoms with van der Waals surface area (Å²) in [6, 6.07) is 42.9. The summed E-state index contributed by atoms with van der Waals surface area (Å²) in [5.41, 5.74) is 2.42. The Kier molecular flexibility index (Phi) is 13.4. The number of hydrogen-bond acceptors (Lipinski definition) is 7. The molecule has 0 aromatic heterocycles. The van der Waals surface area contributed by atoms with Crippen LogP contribution in [0, 0.1) is 11.3 Å². The van der Waals surface area contributed by atoms with Crippen molar-refractivity contribution in [1.82, 2.24) is 9.80 Å². The van der Waals surface area contributed by atoms with Crippen molar-refractivity contribution < 1.29 is 19.1 Å². The first-order valence-electron chi connectivity index (χ1n) is 18.7. The predicted molar refractivity (Wildman–Crippen MR) is 206 cm³/mol. The summed E-state index contributed by atoms with van der Waals surface area (Å²) in [6.45, 7) is 8.80. The van der Waals surface area contributed by atoms with E-state index in [2.05, 4.69) is 22.9 Å². The number of benzene rings is 4. The molecule has 2 fully saturated rings. The monoisotopic (exact) mass is 699 g/mol. The van der Waals surface area contributed by atoms with Gasteiger partial charge in [0, 0.05) is 6.54 Å². The number of esters is 2. The third-order valence-electron chi connectivity index (χ3n) is 11.1. The SMILES string of the molecule is CCOC(=O)C1(c2ccccc2)CCN(C)CC1.CCOC(=O)C1(c2ccccc2)CCN(CCC(C#N)(c2ccccc2)c2ccccc2)CC1. The molecule has 2 saturated heterocycles. The Labute approximate surface area is 310 Å². The highest BCUT2D eigenvalue weighted by atomic mass is 16.5. The maximum absolute atomic E-state index is 13.1. The molecule has 0 amide bonds. The fourth-order valence-electron chi connectivity index (χ4n) is 7.84. The van der Waals surface area contributed by atoms with Crippen molar-refractivity contribution in [3.8, 4) is 6.07 Å². The Morgan fingerprint density at radius 3 is 1.37 bits per heavy atom. The summed E-state index contributed by atoms with van der Waals surface area (Å²) in [5, 5.41) is 10.4. The lowest BCUT2D eigenvalue weighted by molar-refractivity contribution is -0.153. The lowest BCUT2D eigenvalue weighted by Crippen LogP contribution is -2.49. The Bertz CT molecular complexity index is 1690. The zero-order valence-electron chi connectivity index (χ0n) is 31.0. The molecule has 0 spiro atoms. The summed E-state index contributed by atoms with van der Waals surface area (Å²) in [4.78, 5) is 30.1. The average molecular weight is 700 g/mol. The second-order valence-corrected chi connectivity index (χ2v) is 14.0. The summed E-state index contributed by atoms with van der Waals surface area (Å²) >= 11 is 0. The zero-order valence-corrected chi connectivity index (χ0v) is 31.0. The molecule has 7 nitrogen and oxygen atoms in total. The number of ether oxygens (including phenoxy) is 2. The van der Waals surface area contributed by atoms with Gasteiger partial charge in [-0.05, 0) is 101 Å². The van der Waals surface area contributed by atoms with E-state index < -0.39 is 16.2 Å². The fourth-order valence-corrected chi connectivity index (χ4v) is 7.84. The van der Waals surface area contributed by atoms with E-state index in [1.807, 2.05) is 135 Å². The van der Waals surface area contributed by atoms with Crippen LogP contribution in [0.2, 0.25) is 0 Å². The molecule has 0 radical (unpaired) electrons. The van der Waals surface area contributed by atoms with Crippen LogP contribution in [0.25, 0.3) is 0 Å². The van der Waals surface area contributed by atoms with Crippen LogP contribution in [0.1, 0.15) is 68.2 Å². The second-order valence-electron chi connectivity index (χ2n) is 14.0. The van der Waals surface area contributed by atoms with E-state index >= 15 is 0 Å². The number of piperidine rings is 2. The van der Waals surface area contributed by atoms with E-state index in [4.69, 9.17) is 9.47 Å². The number of hydrogen-bond donors (Lipinski definition) is 0. The summed E-state index contributed by atoms with van der Waals surface area (Å²) in [5.74, 6) is -0.190. The molecule has 0 atom stereocenters. The molecule has 2 aliphatic heterocycles. The molecular weight excluding hydrogens is 647 g/mol. The molecule has 272 valence electrons. The molecule has 2 heterocycles. The molecule has 6 rings (SSSR count). The van der Waals surface area contributed by atoms with Crippen LogP contribution in [-0.2, 0) is 35.3 Å². The summed E-state index contributed by atoms with van der Waals surface area (Å²) in [6.07, 6.45) is 3.80. The van der Waals surface area contributed by atoms with Crippen molar-refractivity contribution in [2.45, 2.75) is 62.2 Å². The van der Waals surface area contributed by atoms with Gasteiger partial charge in [0.1, 0.15) is 5.41 Å². The second kappa shape index (κ2) is 18.1. The van der Waals surface area contributed by atoms with Gasteiger partial charge in [-0.15, -0.1) is 0 Å². The van der Waals surface area contributed by atoms with Crippen LogP contribution in [-0.4, -0.2) is 74.7 Å². The minimum absolute atomic E-state index is 0.0655. The smallest absolute Gasteiger partial charge is 0.316 e. The lowest BCUT2D eigenvalue weighted by atomic mass is 9.71. The molecule has 7 heteroatoms. The molecule has 0 bridgehead atoms. The highest BCUT2D eigenvalue weighted by Crippen LogP contribution is 2.40. The number of nitriles is 1. The standard InChI is InChI=1S/C30H32N2O2.C15H21NO2/c1-2-34-28(33)29(25-12-6-3-7-13-25)18-21-32(22-19-29)23-20-30(24-31,26-14-8-4-9-15-26)27-16-10-5-11-17-27;1-3-18-14(17)15(9-11-16(2)12-10-15)13-7-5-4-6-8-13/h3-17H,2,18-23H2,1H3;4-8H,3,9-12H2,1-2H3. The minimum atomic E-state index is -0.711. The molecule has 0 saturated carbocycles. The van der Waals surface area contributed by atoms with Gasteiger partial charge in [-0.25, -0.2) is 0 Å². The first-order chi connectivity index (χ1) is 25.3. The Morgan fingerprint density at radius 1 is 0.635 bits per heavy atom. The number of likely N-dealkylation sites (tertiary alicyclic amines) is 2. The number of carbonyl (C=O) groups is 2. The van der Waals surface area contributed by atoms with Gasteiger partial charge < -0.3 is 19.3 Å². The van der Waals surface area contributed by atoms with Gasteiger partial charge in [0.05, 0.1) is 30.1 Å². The highest BCUT2D eigenvalue weighted by Gasteiger charge is 2.45. The van der Waals surface area contributed by atoms with Gasteiger partial charge in [-0.1, -0.05) is 121 Å². The number of rotatable bonds is 11. The predicted octanol–water partition coefficient (Wildman–Crippen LogP) is 7.70. The summed E-state index contributed by atoms with van der Waals surface area (Å²) < 4.78 is 10.8. The molecule has 0 unspecified atom stereocenters. The minimum Gasteiger partial charge on any atom is -0.465 e. The first kappa shape index (κ1) is 38.5. The van der Waals surface area contributed by atoms with Gasteiger partial charge in [-0.2, -0.15) is 5.26 Å². The van der Waals surface area contributed by atoms with Crippen LogP contribution < -0.4 is 0 Å². The third kappa shape index (κ3) is 8.47. The van der Waals surface area contributed by atoms with Crippen molar-refractivity contribution in [2.75, 3.05) is 53.0 Å². The van der Waals surface area contributed by atoms with E-state index in [9.17, 15) is 14.9 Å². The fraction of sp³-hybridized carbons (Fsp3) is 0.400. The maximum atomic E-state index is 13.1. The summed E-state index contributed by atoms with van der Waals surface area (Å²) in [7, 11) is 2.10. The Morgan fingerprint density at radius 2 is 1.00 bits per heavy atom. The lowest BCUT2D eigenvalue weighted by Gasteiger charge is -2.41. The van der Waals surface area contributed by atoms with Crippen molar-refractivity contribution in [3.05, 3.63) is 144 Å². The molecule has 52 heavy (non-hydrogen) atoms. The maximum Gasteiger partial charge on any atom is 0.316 e. The van der Waals surface area contributed by atoms with Gasteiger partial charge in [0.2, 0.25) is 0 Å². The number of carbonyl (C=O) groups excluding carboxylic acids is 2. The van der Waals surface area contributed by atoms with Crippen LogP contribution >= 0.6 is 0 Å². The normalized spacial score (nSPS) is 17.1. The van der Waals surface area contributed by atoms with E-state index in [0.717, 1.165) is 67.8 Å². The largest absolute Gasteiger partial charge is 0.465 e. The highest BCUT2D eigenvalue weighted by molar-refractivity contribution is 5.84. The van der Waals surface area contributed by atoms with Crippen molar-refractivity contribution in [3.63, 3.8) is 0 Å². The van der Waals surface area contributed by atoms with E-state index in [0.29, 0.717) is 32.5 Å². The number of nitrogens with zero attached hydrogens (tertiary/aromatic N) is 3.